The number of thiocarbonyl (C=S) groups is 2. The molecular formula is C16H24N2O3S2. The summed E-state index contributed by atoms with van der Waals surface area (Å²) in [6.07, 6.45) is 2.01. The van der Waals surface area contributed by atoms with Crippen molar-refractivity contribution in [2.75, 3.05) is 34.8 Å². The summed E-state index contributed by atoms with van der Waals surface area (Å²) in [7, 11) is 7.26. The molecule has 0 bridgehead atoms. The fraction of sp³-hybridized carbons (Fsp3) is 0.500. The molecule has 0 saturated heterocycles. The van der Waals surface area contributed by atoms with Crippen LogP contribution in [-0.2, 0) is 0 Å². The van der Waals surface area contributed by atoms with Crippen molar-refractivity contribution < 1.29 is 14.2 Å². The summed E-state index contributed by atoms with van der Waals surface area (Å²) in [5, 5.41) is 0.647. The van der Waals surface area contributed by atoms with Gasteiger partial charge in [-0.1, -0.05) is 19.4 Å². The van der Waals surface area contributed by atoms with Gasteiger partial charge in [0.05, 0.1) is 6.61 Å². The minimum Gasteiger partial charge on any atom is -0.490 e. The lowest BCUT2D eigenvalue weighted by molar-refractivity contribution is 0.292. The van der Waals surface area contributed by atoms with Gasteiger partial charge in [-0.2, -0.15) is 0 Å². The molecule has 1 aromatic carbocycles. The van der Waals surface area contributed by atoms with Gasteiger partial charge in [0, 0.05) is 28.2 Å². The Morgan fingerprint density at radius 1 is 0.957 bits per heavy atom. The lowest BCUT2D eigenvalue weighted by Crippen LogP contribution is -2.27. The van der Waals surface area contributed by atoms with Crippen LogP contribution in [-0.4, -0.2) is 54.9 Å². The van der Waals surface area contributed by atoms with E-state index in [1.54, 1.807) is 15.9 Å². The molecule has 5 nitrogen and oxygen atoms in total. The van der Waals surface area contributed by atoms with Crippen LogP contribution in [0.1, 0.15) is 19.8 Å². The number of unbranched alkanes of at least 4 members (excludes halogenated alkanes) is 1. The first-order valence-electron chi connectivity index (χ1n) is 7.40. The second-order valence-corrected chi connectivity index (χ2v) is 6.01. The topological polar surface area (TPSA) is 34.2 Å². The van der Waals surface area contributed by atoms with Gasteiger partial charge in [-0.15, -0.1) is 0 Å². The molecule has 0 aliphatic rings. The highest BCUT2D eigenvalue weighted by Crippen LogP contribution is 2.38. The molecule has 0 aromatic heterocycles. The molecule has 1 rings (SSSR count). The highest BCUT2D eigenvalue weighted by Gasteiger charge is 2.18. The van der Waals surface area contributed by atoms with Gasteiger partial charge in [0.1, 0.15) is 0 Å². The summed E-state index contributed by atoms with van der Waals surface area (Å²) in [6, 6.07) is 5.44. The van der Waals surface area contributed by atoms with Crippen LogP contribution < -0.4 is 14.2 Å². The molecule has 0 spiro atoms. The summed E-state index contributed by atoms with van der Waals surface area (Å²) in [5.74, 6) is 1.50. The first kappa shape index (κ1) is 19.4. The number of hydrogen-bond acceptors (Lipinski definition) is 5. The van der Waals surface area contributed by atoms with Crippen molar-refractivity contribution in [3.05, 3.63) is 18.2 Å². The van der Waals surface area contributed by atoms with Crippen molar-refractivity contribution in [1.82, 2.24) is 9.80 Å². The van der Waals surface area contributed by atoms with Gasteiger partial charge in [0.25, 0.3) is 10.3 Å². The molecule has 0 N–H and O–H groups in total. The van der Waals surface area contributed by atoms with Crippen LogP contribution >= 0.6 is 24.4 Å². The maximum absolute atomic E-state index is 5.80. The zero-order valence-corrected chi connectivity index (χ0v) is 15.9. The summed E-state index contributed by atoms with van der Waals surface area (Å²) >= 11 is 10.4. The van der Waals surface area contributed by atoms with E-state index in [9.17, 15) is 0 Å². The number of hydrogen-bond donors (Lipinski definition) is 0. The molecule has 0 heterocycles. The Bertz CT molecular complexity index is 548. The third-order valence-electron chi connectivity index (χ3n) is 2.82. The van der Waals surface area contributed by atoms with Crippen LogP contribution in [0.25, 0.3) is 0 Å². The molecule has 0 amide bonds. The predicted octanol–water partition coefficient (Wildman–Crippen LogP) is 3.32. The normalized spacial score (nSPS) is 9.96. The SMILES string of the molecule is CCCCOc1cccc(OC(=S)N(C)C)c1OC(=S)N(C)C. The molecule has 0 atom stereocenters. The molecule has 0 saturated carbocycles. The van der Waals surface area contributed by atoms with E-state index >= 15 is 0 Å². The van der Waals surface area contributed by atoms with Crippen molar-refractivity contribution in [2.45, 2.75) is 19.8 Å². The third kappa shape index (κ3) is 6.19. The van der Waals surface area contributed by atoms with Gasteiger partial charge in [-0.3, -0.25) is 0 Å². The van der Waals surface area contributed by atoms with Gasteiger partial charge in [-0.25, -0.2) is 0 Å². The number of para-hydroxylation sites is 1. The zero-order valence-electron chi connectivity index (χ0n) is 14.3. The largest absolute Gasteiger partial charge is 0.490 e. The highest BCUT2D eigenvalue weighted by atomic mass is 32.1. The van der Waals surface area contributed by atoms with Crippen molar-refractivity contribution >= 4 is 34.8 Å². The Kier molecular flexibility index (Phi) is 8.05. The fourth-order valence-corrected chi connectivity index (χ4v) is 1.65. The lowest BCUT2D eigenvalue weighted by Gasteiger charge is -2.20. The zero-order chi connectivity index (χ0) is 17.4. The Hall–Kier alpha value is -1.60. The Morgan fingerprint density at radius 2 is 1.52 bits per heavy atom. The van der Waals surface area contributed by atoms with Gasteiger partial charge >= 0.3 is 0 Å². The van der Waals surface area contributed by atoms with Crippen molar-refractivity contribution in [2.24, 2.45) is 0 Å². The molecule has 0 radical (unpaired) electrons. The molecule has 1 aromatic rings. The van der Waals surface area contributed by atoms with Crippen LogP contribution in [0, 0.1) is 0 Å². The van der Waals surface area contributed by atoms with E-state index in [2.05, 4.69) is 6.92 Å². The molecule has 0 fully saturated rings. The van der Waals surface area contributed by atoms with E-state index < -0.39 is 0 Å². The van der Waals surface area contributed by atoms with Gasteiger partial charge < -0.3 is 24.0 Å². The Morgan fingerprint density at radius 3 is 2.09 bits per heavy atom. The minimum absolute atomic E-state index is 0.317. The molecule has 7 heteroatoms. The second kappa shape index (κ2) is 9.52. The average Bonchev–Trinajstić information content (AvgIpc) is 2.49. The maximum atomic E-state index is 5.80. The van der Waals surface area contributed by atoms with Crippen LogP contribution in [0.3, 0.4) is 0 Å². The summed E-state index contributed by atoms with van der Waals surface area (Å²) in [5.41, 5.74) is 0. The maximum Gasteiger partial charge on any atom is 0.264 e. The van der Waals surface area contributed by atoms with Gasteiger partial charge in [0.15, 0.2) is 11.5 Å². The second-order valence-electron chi connectivity index (χ2n) is 5.31. The number of benzene rings is 1. The van der Waals surface area contributed by atoms with E-state index in [0.717, 1.165) is 12.8 Å². The van der Waals surface area contributed by atoms with Crippen molar-refractivity contribution in [3.63, 3.8) is 0 Å². The predicted molar refractivity (Wildman–Crippen MR) is 101 cm³/mol. The van der Waals surface area contributed by atoms with Crippen LogP contribution in [0.5, 0.6) is 17.2 Å². The quantitative estimate of drug-likeness (QED) is 0.571. The van der Waals surface area contributed by atoms with E-state index in [1.165, 1.54) is 0 Å². The first-order chi connectivity index (χ1) is 10.9. The monoisotopic (exact) mass is 356 g/mol. The number of nitrogens with zero attached hydrogens (tertiary/aromatic N) is 2. The van der Waals surface area contributed by atoms with E-state index in [4.69, 9.17) is 38.6 Å². The third-order valence-corrected chi connectivity index (χ3v) is 3.71. The van der Waals surface area contributed by atoms with Crippen molar-refractivity contribution in [3.8, 4) is 17.2 Å². The van der Waals surface area contributed by atoms with Gasteiger partial charge in [-0.05, 0) is 43.0 Å². The van der Waals surface area contributed by atoms with E-state index in [-0.39, 0.29) is 0 Å². The Balaban J connectivity index is 3.08. The summed E-state index contributed by atoms with van der Waals surface area (Å²) < 4.78 is 17.3. The van der Waals surface area contributed by atoms with Crippen LogP contribution in [0.15, 0.2) is 18.2 Å². The van der Waals surface area contributed by atoms with Gasteiger partial charge in [0.2, 0.25) is 5.75 Å². The minimum atomic E-state index is 0.317. The standard InChI is InChI=1S/C16H24N2O3S2/c1-6-7-11-19-12-9-8-10-13(20-15(22)17(2)3)14(12)21-16(23)18(4)5/h8-10H,6-7,11H2,1-5H3. The molecule has 23 heavy (non-hydrogen) atoms. The van der Waals surface area contributed by atoms with Crippen LogP contribution in [0.2, 0.25) is 0 Å². The molecular weight excluding hydrogens is 332 g/mol. The molecule has 0 aliphatic heterocycles. The highest BCUT2D eigenvalue weighted by molar-refractivity contribution is 7.80. The van der Waals surface area contributed by atoms with E-state index in [0.29, 0.717) is 34.2 Å². The number of rotatable bonds is 6. The summed E-state index contributed by atoms with van der Waals surface area (Å²) in [4.78, 5) is 3.40. The number of ether oxygens (including phenoxy) is 3. The van der Waals surface area contributed by atoms with E-state index in [1.807, 2.05) is 40.3 Å². The molecule has 0 unspecified atom stereocenters. The molecule has 128 valence electrons. The lowest BCUT2D eigenvalue weighted by atomic mass is 10.3. The molecule has 0 aliphatic carbocycles. The average molecular weight is 357 g/mol. The smallest absolute Gasteiger partial charge is 0.264 e. The summed E-state index contributed by atoms with van der Waals surface area (Å²) in [6.45, 7) is 2.71. The van der Waals surface area contributed by atoms with Crippen molar-refractivity contribution in [1.29, 1.82) is 0 Å². The Labute approximate surface area is 149 Å². The first-order valence-corrected chi connectivity index (χ1v) is 8.22. The van der Waals surface area contributed by atoms with Crippen LogP contribution in [0.4, 0.5) is 0 Å². The fourth-order valence-electron chi connectivity index (χ4n) is 1.48.